The van der Waals surface area contributed by atoms with Crippen LogP contribution in [0.1, 0.15) is 42.0 Å². The van der Waals surface area contributed by atoms with E-state index in [2.05, 4.69) is 24.4 Å². The van der Waals surface area contributed by atoms with Crippen molar-refractivity contribution in [3.63, 3.8) is 0 Å². The summed E-state index contributed by atoms with van der Waals surface area (Å²) in [5.74, 6) is -0.155. The van der Waals surface area contributed by atoms with Gasteiger partial charge in [-0.25, -0.2) is 5.43 Å². The largest absolute Gasteiger partial charge is 0.372 e. The van der Waals surface area contributed by atoms with Gasteiger partial charge in [0.15, 0.2) is 5.60 Å². The summed E-state index contributed by atoms with van der Waals surface area (Å²) < 4.78 is 0. The number of amides is 1. The van der Waals surface area contributed by atoms with E-state index < -0.39 is 11.5 Å². The summed E-state index contributed by atoms with van der Waals surface area (Å²) in [6, 6.07) is 25.7. The van der Waals surface area contributed by atoms with Crippen LogP contribution in [0, 0.1) is 0 Å². The molecule has 0 spiro atoms. The molecule has 0 aromatic heterocycles. The van der Waals surface area contributed by atoms with E-state index in [1.54, 1.807) is 54.7 Å². The maximum atomic E-state index is 12.9. The molecule has 0 heterocycles. The highest BCUT2D eigenvalue weighted by Gasteiger charge is 2.39. The van der Waals surface area contributed by atoms with Crippen molar-refractivity contribution in [3.8, 4) is 0 Å². The van der Waals surface area contributed by atoms with Crippen LogP contribution >= 0.6 is 0 Å². The molecule has 0 aliphatic rings. The highest BCUT2D eigenvalue weighted by Crippen LogP contribution is 2.29. The minimum absolute atomic E-state index is 0.456. The molecule has 0 bridgehead atoms. The number of hydrogen-bond acceptors (Lipinski definition) is 3. The Labute approximate surface area is 165 Å². The third kappa shape index (κ3) is 4.18. The zero-order chi connectivity index (χ0) is 20.0. The van der Waals surface area contributed by atoms with Gasteiger partial charge in [-0.05, 0) is 28.2 Å². The van der Waals surface area contributed by atoms with Gasteiger partial charge in [-0.2, -0.15) is 5.10 Å². The second-order valence-electron chi connectivity index (χ2n) is 6.96. The Balaban J connectivity index is 1.82. The number of rotatable bonds is 6. The lowest BCUT2D eigenvalue weighted by Crippen LogP contribution is -2.43. The molecule has 3 aromatic carbocycles. The van der Waals surface area contributed by atoms with Crippen LogP contribution in [0.2, 0.25) is 0 Å². The Morgan fingerprint density at radius 3 is 1.86 bits per heavy atom. The van der Waals surface area contributed by atoms with Crippen molar-refractivity contribution < 1.29 is 9.90 Å². The van der Waals surface area contributed by atoms with E-state index in [0.717, 1.165) is 5.56 Å². The minimum Gasteiger partial charge on any atom is -0.372 e. The first-order valence-electron chi connectivity index (χ1n) is 9.28. The molecule has 1 amide bonds. The molecule has 0 unspecified atom stereocenters. The zero-order valence-electron chi connectivity index (χ0n) is 16.0. The average Bonchev–Trinajstić information content (AvgIpc) is 2.74. The number of nitrogens with zero attached hydrogens (tertiary/aromatic N) is 1. The van der Waals surface area contributed by atoms with Crippen LogP contribution in [0.3, 0.4) is 0 Å². The predicted octanol–water partition coefficient (Wildman–Crippen LogP) is 4.20. The molecular formula is C24H24N2O2. The molecule has 0 saturated heterocycles. The normalized spacial score (nSPS) is 11.7. The van der Waals surface area contributed by atoms with E-state index in [4.69, 9.17) is 0 Å². The van der Waals surface area contributed by atoms with Gasteiger partial charge in [0.1, 0.15) is 0 Å². The minimum atomic E-state index is -1.83. The first-order valence-corrected chi connectivity index (χ1v) is 9.28. The topological polar surface area (TPSA) is 61.7 Å². The number of hydrogen-bond donors (Lipinski definition) is 2. The van der Waals surface area contributed by atoms with Crippen LogP contribution in [-0.4, -0.2) is 17.2 Å². The predicted molar refractivity (Wildman–Crippen MR) is 112 cm³/mol. The van der Waals surface area contributed by atoms with Crippen LogP contribution in [0.4, 0.5) is 0 Å². The van der Waals surface area contributed by atoms with Crippen molar-refractivity contribution in [3.05, 3.63) is 107 Å². The van der Waals surface area contributed by atoms with Gasteiger partial charge in [0, 0.05) is 0 Å². The molecule has 0 fully saturated rings. The van der Waals surface area contributed by atoms with Gasteiger partial charge >= 0.3 is 0 Å². The summed E-state index contributed by atoms with van der Waals surface area (Å²) in [5.41, 5.74) is 3.73. The lowest BCUT2D eigenvalue weighted by Gasteiger charge is -2.27. The number of carbonyl (C=O) groups is 1. The van der Waals surface area contributed by atoms with Gasteiger partial charge in [0.25, 0.3) is 5.91 Å². The SMILES string of the molecule is CC(C)c1ccc(/C=N/NC(=O)C(O)(c2ccccc2)c2ccccc2)cc1. The van der Waals surface area contributed by atoms with Gasteiger partial charge in [-0.1, -0.05) is 98.8 Å². The van der Waals surface area contributed by atoms with Gasteiger partial charge in [-0.3, -0.25) is 4.79 Å². The van der Waals surface area contributed by atoms with E-state index >= 15 is 0 Å². The summed E-state index contributed by atoms with van der Waals surface area (Å²) in [7, 11) is 0. The molecule has 0 aliphatic heterocycles. The smallest absolute Gasteiger partial charge is 0.281 e. The molecule has 0 aliphatic carbocycles. The van der Waals surface area contributed by atoms with Crippen molar-refractivity contribution in [2.75, 3.05) is 0 Å². The molecule has 0 radical (unpaired) electrons. The molecule has 2 N–H and O–H groups in total. The lowest BCUT2D eigenvalue weighted by molar-refractivity contribution is -0.136. The Kier molecular flexibility index (Phi) is 6.02. The monoisotopic (exact) mass is 372 g/mol. The van der Waals surface area contributed by atoms with Gasteiger partial charge in [0.05, 0.1) is 6.21 Å². The molecule has 3 aromatic rings. The Bertz CT molecular complexity index is 894. The second kappa shape index (κ2) is 8.63. The van der Waals surface area contributed by atoms with E-state index in [-0.39, 0.29) is 0 Å². The number of aliphatic hydroxyl groups is 1. The first kappa shape index (κ1) is 19.5. The standard InChI is InChI=1S/C24H24N2O2/c1-18(2)20-15-13-19(14-16-20)17-25-26-23(27)24(28,21-9-5-3-6-10-21)22-11-7-4-8-12-22/h3-18,28H,1-2H3,(H,26,27)/b25-17+. The maximum absolute atomic E-state index is 12.9. The van der Waals surface area contributed by atoms with E-state index in [1.807, 2.05) is 36.4 Å². The van der Waals surface area contributed by atoms with E-state index in [9.17, 15) is 9.90 Å². The van der Waals surface area contributed by atoms with E-state index in [1.165, 1.54) is 5.56 Å². The molecule has 0 atom stereocenters. The second-order valence-corrected chi connectivity index (χ2v) is 6.96. The highest BCUT2D eigenvalue weighted by molar-refractivity contribution is 5.91. The molecular weight excluding hydrogens is 348 g/mol. The number of hydrazone groups is 1. The number of carbonyl (C=O) groups excluding carboxylic acids is 1. The fourth-order valence-electron chi connectivity index (χ4n) is 3.00. The summed E-state index contributed by atoms with van der Waals surface area (Å²) >= 11 is 0. The van der Waals surface area contributed by atoms with Gasteiger partial charge in [0.2, 0.25) is 0 Å². The summed E-state index contributed by atoms with van der Waals surface area (Å²) in [6.07, 6.45) is 1.57. The van der Waals surface area contributed by atoms with Gasteiger partial charge < -0.3 is 5.11 Å². The fraction of sp³-hybridized carbons (Fsp3) is 0.167. The molecule has 0 saturated carbocycles. The van der Waals surface area contributed by atoms with Crippen molar-refractivity contribution in [1.29, 1.82) is 0 Å². The van der Waals surface area contributed by atoms with Crippen LogP contribution in [-0.2, 0) is 10.4 Å². The summed E-state index contributed by atoms with van der Waals surface area (Å²) in [6.45, 7) is 4.27. The summed E-state index contributed by atoms with van der Waals surface area (Å²) in [5, 5.41) is 15.4. The maximum Gasteiger partial charge on any atom is 0.281 e. The Morgan fingerprint density at radius 2 is 1.39 bits per heavy atom. The van der Waals surface area contributed by atoms with Crippen molar-refractivity contribution in [1.82, 2.24) is 5.43 Å². The number of nitrogens with one attached hydrogen (secondary N) is 1. The van der Waals surface area contributed by atoms with Crippen molar-refractivity contribution >= 4 is 12.1 Å². The number of benzene rings is 3. The molecule has 3 rings (SSSR count). The third-order valence-electron chi connectivity index (χ3n) is 4.69. The zero-order valence-corrected chi connectivity index (χ0v) is 16.0. The molecule has 142 valence electrons. The lowest BCUT2D eigenvalue weighted by atomic mass is 9.85. The van der Waals surface area contributed by atoms with Crippen molar-refractivity contribution in [2.24, 2.45) is 5.10 Å². The summed E-state index contributed by atoms with van der Waals surface area (Å²) in [4.78, 5) is 12.9. The Hall–Kier alpha value is -3.24. The fourth-order valence-corrected chi connectivity index (χ4v) is 3.00. The average molecular weight is 372 g/mol. The molecule has 4 nitrogen and oxygen atoms in total. The Morgan fingerprint density at radius 1 is 0.893 bits per heavy atom. The molecule has 4 heteroatoms. The van der Waals surface area contributed by atoms with Crippen LogP contribution in [0.25, 0.3) is 0 Å². The highest BCUT2D eigenvalue weighted by atomic mass is 16.3. The van der Waals surface area contributed by atoms with Gasteiger partial charge in [-0.15, -0.1) is 0 Å². The molecule has 28 heavy (non-hydrogen) atoms. The quantitative estimate of drug-likeness (QED) is 0.503. The van der Waals surface area contributed by atoms with E-state index in [0.29, 0.717) is 17.0 Å². The third-order valence-corrected chi connectivity index (χ3v) is 4.69. The van der Waals surface area contributed by atoms with Crippen LogP contribution in [0.15, 0.2) is 90.0 Å². The van der Waals surface area contributed by atoms with Crippen LogP contribution < -0.4 is 5.43 Å². The van der Waals surface area contributed by atoms with Crippen LogP contribution in [0.5, 0.6) is 0 Å². The first-order chi connectivity index (χ1) is 13.5. The van der Waals surface area contributed by atoms with Crippen molar-refractivity contribution in [2.45, 2.75) is 25.4 Å².